The summed E-state index contributed by atoms with van der Waals surface area (Å²) in [4.78, 5) is 16.7. The molecule has 0 saturated heterocycles. The molecule has 7 heteroatoms. The van der Waals surface area contributed by atoms with Crippen LogP contribution < -0.4 is 16.4 Å². The van der Waals surface area contributed by atoms with Gasteiger partial charge in [0.15, 0.2) is 5.13 Å². The van der Waals surface area contributed by atoms with Gasteiger partial charge in [0.25, 0.3) is 5.91 Å². The van der Waals surface area contributed by atoms with E-state index in [1.807, 2.05) is 34.6 Å². The van der Waals surface area contributed by atoms with Crippen LogP contribution in [0, 0.1) is 5.92 Å². The molecule has 5 N–H and O–H groups in total. The maximum atomic E-state index is 12.2. The number of nitrogens with two attached hydrogens (primary N) is 1. The lowest BCUT2D eigenvalue weighted by molar-refractivity contribution is 0.0901. The van der Waals surface area contributed by atoms with Crippen LogP contribution >= 0.6 is 11.3 Å². The van der Waals surface area contributed by atoms with Crippen molar-refractivity contribution >= 4 is 28.2 Å². The molecule has 1 amide bonds. The van der Waals surface area contributed by atoms with Crippen molar-refractivity contribution in [1.29, 1.82) is 0 Å². The minimum atomic E-state index is -0.297. The summed E-state index contributed by atoms with van der Waals surface area (Å²) in [7, 11) is 0. The Bertz CT molecular complexity index is 465. The van der Waals surface area contributed by atoms with Gasteiger partial charge in [-0.25, -0.2) is 4.98 Å². The third-order valence-electron chi connectivity index (χ3n) is 2.66. The van der Waals surface area contributed by atoms with E-state index in [-0.39, 0.29) is 35.8 Å². The number of nitrogens with zero attached hydrogens (tertiary/aromatic N) is 1. The Morgan fingerprint density at radius 3 is 2.50 bits per heavy atom. The molecular weight excluding hydrogens is 276 g/mol. The SMILES string of the molecule is CC(C)C(CO)NC(=O)c1sc(NC(C)(C)C)nc1N. The Balaban J connectivity index is 2.83. The molecule has 0 bridgehead atoms. The summed E-state index contributed by atoms with van der Waals surface area (Å²) in [5, 5.41) is 15.8. The van der Waals surface area contributed by atoms with Gasteiger partial charge in [0, 0.05) is 5.54 Å². The summed E-state index contributed by atoms with van der Waals surface area (Å²) >= 11 is 1.22. The zero-order valence-corrected chi connectivity index (χ0v) is 13.5. The minimum Gasteiger partial charge on any atom is -0.394 e. The van der Waals surface area contributed by atoms with Crippen LogP contribution in [0.25, 0.3) is 0 Å². The van der Waals surface area contributed by atoms with E-state index < -0.39 is 0 Å². The lowest BCUT2D eigenvalue weighted by atomic mass is 10.1. The van der Waals surface area contributed by atoms with Crippen molar-refractivity contribution in [2.24, 2.45) is 5.92 Å². The standard InChI is InChI=1S/C13H24N4O2S/c1-7(2)8(6-18)15-11(19)9-10(14)16-12(20-9)17-13(3,4)5/h7-8,18H,6,14H2,1-5H3,(H,15,19)(H,16,17). The molecule has 0 aliphatic carbocycles. The molecule has 1 aromatic rings. The third kappa shape index (κ3) is 4.64. The molecule has 0 saturated carbocycles. The number of rotatable bonds is 5. The van der Waals surface area contributed by atoms with E-state index in [9.17, 15) is 9.90 Å². The molecule has 0 spiro atoms. The van der Waals surface area contributed by atoms with Crippen molar-refractivity contribution < 1.29 is 9.90 Å². The second-order valence-corrected chi connectivity index (χ2v) is 7.11. The first kappa shape index (κ1) is 16.7. The van der Waals surface area contributed by atoms with Gasteiger partial charge in [-0.05, 0) is 26.7 Å². The van der Waals surface area contributed by atoms with Crippen LogP contribution in [-0.2, 0) is 0 Å². The molecule has 1 atom stereocenters. The summed E-state index contributed by atoms with van der Waals surface area (Å²) in [6.45, 7) is 9.78. The molecule has 1 rings (SSSR count). The minimum absolute atomic E-state index is 0.102. The zero-order chi connectivity index (χ0) is 15.5. The van der Waals surface area contributed by atoms with Gasteiger partial charge >= 0.3 is 0 Å². The number of nitrogens with one attached hydrogen (secondary N) is 2. The number of amides is 1. The van der Waals surface area contributed by atoms with Crippen LogP contribution in [0.1, 0.15) is 44.3 Å². The Labute approximate surface area is 123 Å². The van der Waals surface area contributed by atoms with Gasteiger partial charge in [0.05, 0.1) is 12.6 Å². The second-order valence-electron chi connectivity index (χ2n) is 6.11. The monoisotopic (exact) mass is 300 g/mol. The molecule has 0 aromatic carbocycles. The largest absolute Gasteiger partial charge is 0.394 e. The quantitative estimate of drug-likeness (QED) is 0.663. The number of hydrogen-bond donors (Lipinski definition) is 4. The van der Waals surface area contributed by atoms with Crippen molar-refractivity contribution in [3.05, 3.63) is 4.88 Å². The average molecular weight is 300 g/mol. The summed E-state index contributed by atoms with van der Waals surface area (Å²) < 4.78 is 0. The zero-order valence-electron chi connectivity index (χ0n) is 12.7. The fraction of sp³-hybridized carbons (Fsp3) is 0.692. The molecule has 0 fully saturated rings. The van der Waals surface area contributed by atoms with Gasteiger partial charge in [0.1, 0.15) is 10.7 Å². The molecule has 0 aliphatic heterocycles. The summed E-state index contributed by atoms with van der Waals surface area (Å²) in [6, 6.07) is -0.289. The predicted molar refractivity (Wildman–Crippen MR) is 83.1 cm³/mol. The van der Waals surface area contributed by atoms with Gasteiger partial charge in [-0.15, -0.1) is 0 Å². The molecule has 1 heterocycles. The van der Waals surface area contributed by atoms with Crippen LogP contribution in [-0.4, -0.2) is 34.2 Å². The Kier molecular flexibility index (Phi) is 5.35. The highest BCUT2D eigenvalue weighted by molar-refractivity contribution is 7.18. The van der Waals surface area contributed by atoms with Gasteiger partial charge in [-0.3, -0.25) is 4.79 Å². The molecule has 0 radical (unpaired) electrons. The summed E-state index contributed by atoms with van der Waals surface area (Å²) in [5.74, 6) is 0.0553. The van der Waals surface area contributed by atoms with E-state index in [1.165, 1.54) is 11.3 Å². The average Bonchev–Trinajstić information content (AvgIpc) is 2.63. The van der Waals surface area contributed by atoms with Crippen LogP contribution in [0.2, 0.25) is 0 Å². The van der Waals surface area contributed by atoms with Crippen molar-refractivity contribution in [3.8, 4) is 0 Å². The van der Waals surface area contributed by atoms with E-state index >= 15 is 0 Å². The number of aliphatic hydroxyl groups is 1. The normalized spacial score (nSPS) is 13.3. The maximum Gasteiger partial charge on any atom is 0.265 e. The first-order valence-electron chi connectivity index (χ1n) is 6.60. The van der Waals surface area contributed by atoms with Gasteiger partial charge in [0.2, 0.25) is 0 Å². The highest BCUT2D eigenvalue weighted by Gasteiger charge is 2.22. The smallest absolute Gasteiger partial charge is 0.265 e. The van der Waals surface area contributed by atoms with Crippen LogP contribution in [0.4, 0.5) is 10.9 Å². The summed E-state index contributed by atoms with van der Waals surface area (Å²) in [5.41, 5.74) is 5.64. The van der Waals surface area contributed by atoms with Crippen LogP contribution in [0.3, 0.4) is 0 Å². The molecule has 20 heavy (non-hydrogen) atoms. The number of nitrogen functional groups attached to an aromatic ring is 1. The fourth-order valence-electron chi connectivity index (χ4n) is 1.53. The van der Waals surface area contributed by atoms with Crippen molar-refractivity contribution in [1.82, 2.24) is 10.3 Å². The number of thiazole rings is 1. The topological polar surface area (TPSA) is 100 Å². The molecule has 114 valence electrons. The van der Waals surface area contributed by atoms with Crippen molar-refractivity contribution in [3.63, 3.8) is 0 Å². The maximum absolute atomic E-state index is 12.2. The molecule has 1 unspecified atom stereocenters. The number of aromatic nitrogens is 1. The molecule has 0 aliphatic rings. The Morgan fingerprint density at radius 1 is 1.45 bits per heavy atom. The van der Waals surface area contributed by atoms with Crippen LogP contribution in [0.5, 0.6) is 0 Å². The lowest BCUT2D eigenvalue weighted by Gasteiger charge is -2.19. The first-order valence-corrected chi connectivity index (χ1v) is 7.42. The van der Waals surface area contributed by atoms with Gasteiger partial charge in [-0.2, -0.15) is 0 Å². The van der Waals surface area contributed by atoms with Crippen LogP contribution in [0.15, 0.2) is 0 Å². The number of carbonyl (C=O) groups is 1. The van der Waals surface area contributed by atoms with Gasteiger partial charge < -0.3 is 21.5 Å². The number of carbonyl (C=O) groups excluding carboxylic acids is 1. The Morgan fingerprint density at radius 2 is 2.05 bits per heavy atom. The number of anilines is 2. The first-order chi connectivity index (χ1) is 9.14. The van der Waals surface area contributed by atoms with Gasteiger partial charge in [-0.1, -0.05) is 25.2 Å². The third-order valence-corrected chi connectivity index (χ3v) is 3.64. The van der Waals surface area contributed by atoms with E-state index in [2.05, 4.69) is 15.6 Å². The predicted octanol–water partition coefficient (Wildman–Crippen LogP) is 1.68. The fourth-order valence-corrected chi connectivity index (χ4v) is 2.52. The number of hydrogen-bond acceptors (Lipinski definition) is 6. The molecule has 6 nitrogen and oxygen atoms in total. The highest BCUT2D eigenvalue weighted by atomic mass is 32.1. The Hall–Kier alpha value is -1.34. The van der Waals surface area contributed by atoms with E-state index in [0.717, 1.165) is 0 Å². The second kappa shape index (κ2) is 6.41. The van der Waals surface area contributed by atoms with Crippen molar-refractivity contribution in [2.45, 2.75) is 46.2 Å². The molecular formula is C13H24N4O2S. The number of aliphatic hydroxyl groups excluding tert-OH is 1. The highest BCUT2D eigenvalue weighted by Crippen LogP contribution is 2.27. The summed E-state index contributed by atoms with van der Waals surface area (Å²) in [6.07, 6.45) is 0. The lowest BCUT2D eigenvalue weighted by Crippen LogP contribution is -2.41. The van der Waals surface area contributed by atoms with E-state index in [0.29, 0.717) is 10.0 Å². The van der Waals surface area contributed by atoms with E-state index in [4.69, 9.17) is 5.73 Å². The molecule has 1 aromatic heterocycles. The van der Waals surface area contributed by atoms with E-state index in [1.54, 1.807) is 0 Å². The van der Waals surface area contributed by atoms with Crippen molar-refractivity contribution in [2.75, 3.05) is 17.7 Å².